The van der Waals surface area contributed by atoms with E-state index < -0.39 is 10.1 Å². The number of hydrazone groups is 1. The molecule has 6 nitrogen and oxygen atoms in total. The lowest BCUT2D eigenvalue weighted by Gasteiger charge is -2.06. The fourth-order valence-electron chi connectivity index (χ4n) is 2.68. The highest BCUT2D eigenvalue weighted by atomic mass is 35.5. The van der Waals surface area contributed by atoms with Crippen molar-refractivity contribution in [2.75, 3.05) is 5.43 Å². The van der Waals surface area contributed by atoms with Gasteiger partial charge >= 0.3 is 10.1 Å². The SMILES string of the molecule is O=S(=O)(Oc1ccc(/C=N/Nc2nc(-c3ccc(Cl)cc3Cl)cs2)cc1)c1ccccc1. The van der Waals surface area contributed by atoms with E-state index in [0.717, 1.165) is 16.8 Å². The van der Waals surface area contributed by atoms with Gasteiger partial charge in [0.1, 0.15) is 10.6 Å². The fourth-order valence-corrected chi connectivity index (χ4v) is 4.80. The quantitative estimate of drug-likeness (QED) is 0.181. The van der Waals surface area contributed by atoms with Crippen molar-refractivity contribution in [2.24, 2.45) is 5.10 Å². The zero-order valence-corrected chi connectivity index (χ0v) is 19.4. The lowest BCUT2D eigenvalue weighted by atomic mass is 10.2. The molecule has 10 heteroatoms. The Labute approximate surface area is 199 Å². The molecule has 0 aliphatic rings. The predicted molar refractivity (Wildman–Crippen MR) is 129 cm³/mol. The van der Waals surface area contributed by atoms with Crippen LogP contribution >= 0.6 is 34.5 Å². The average Bonchev–Trinajstić information content (AvgIpc) is 3.24. The molecule has 0 atom stereocenters. The van der Waals surface area contributed by atoms with Gasteiger partial charge in [-0.1, -0.05) is 41.4 Å². The smallest absolute Gasteiger partial charge is 0.339 e. The summed E-state index contributed by atoms with van der Waals surface area (Å²) < 4.78 is 29.7. The molecule has 1 heterocycles. The molecule has 32 heavy (non-hydrogen) atoms. The van der Waals surface area contributed by atoms with Crippen LogP contribution in [0.15, 0.2) is 88.2 Å². The van der Waals surface area contributed by atoms with Crippen LogP contribution in [-0.2, 0) is 10.1 Å². The van der Waals surface area contributed by atoms with Gasteiger partial charge in [0.2, 0.25) is 5.13 Å². The van der Waals surface area contributed by atoms with E-state index in [-0.39, 0.29) is 10.6 Å². The van der Waals surface area contributed by atoms with Gasteiger partial charge in [0.15, 0.2) is 0 Å². The van der Waals surface area contributed by atoms with Gasteiger partial charge in [-0.3, -0.25) is 5.43 Å². The molecule has 0 unspecified atom stereocenters. The van der Waals surface area contributed by atoms with Gasteiger partial charge < -0.3 is 4.18 Å². The molecule has 4 rings (SSSR count). The largest absolute Gasteiger partial charge is 0.379 e. The van der Waals surface area contributed by atoms with Crippen molar-refractivity contribution in [1.29, 1.82) is 0 Å². The highest BCUT2D eigenvalue weighted by molar-refractivity contribution is 7.87. The normalized spacial score (nSPS) is 11.6. The summed E-state index contributed by atoms with van der Waals surface area (Å²) in [7, 11) is -3.87. The summed E-state index contributed by atoms with van der Waals surface area (Å²) in [6, 6.07) is 19.7. The number of nitrogens with zero attached hydrogens (tertiary/aromatic N) is 2. The number of thiazole rings is 1. The summed E-state index contributed by atoms with van der Waals surface area (Å²) in [5.74, 6) is 0.211. The van der Waals surface area contributed by atoms with Crippen LogP contribution in [0.1, 0.15) is 5.56 Å². The first kappa shape index (κ1) is 22.3. The van der Waals surface area contributed by atoms with E-state index in [0.29, 0.717) is 15.2 Å². The molecule has 0 aliphatic heterocycles. The van der Waals surface area contributed by atoms with Crippen LogP contribution in [0.25, 0.3) is 11.3 Å². The maximum Gasteiger partial charge on any atom is 0.339 e. The molecule has 0 amide bonds. The van der Waals surface area contributed by atoms with Crippen molar-refractivity contribution >= 4 is 56.0 Å². The van der Waals surface area contributed by atoms with Gasteiger partial charge in [0.25, 0.3) is 0 Å². The highest BCUT2D eigenvalue weighted by Gasteiger charge is 2.15. The van der Waals surface area contributed by atoms with Crippen LogP contribution in [0, 0.1) is 0 Å². The van der Waals surface area contributed by atoms with E-state index in [4.69, 9.17) is 27.4 Å². The number of nitrogens with one attached hydrogen (secondary N) is 1. The average molecular weight is 504 g/mol. The van der Waals surface area contributed by atoms with Crippen molar-refractivity contribution in [2.45, 2.75) is 4.90 Å². The Hall–Kier alpha value is -2.91. The minimum Gasteiger partial charge on any atom is -0.379 e. The highest BCUT2D eigenvalue weighted by Crippen LogP contribution is 2.32. The van der Waals surface area contributed by atoms with Crippen LogP contribution in [0.2, 0.25) is 10.0 Å². The Bertz CT molecular complexity index is 1360. The van der Waals surface area contributed by atoms with Crippen LogP contribution in [0.4, 0.5) is 5.13 Å². The molecule has 4 aromatic rings. The lowest BCUT2D eigenvalue weighted by Crippen LogP contribution is -2.09. The Kier molecular flexibility index (Phi) is 6.76. The standard InChI is InChI=1S/C22H15Cl2N3O3S2/c23-16-8-11-19(20(24)12-16)21-14-31-22(26-21)27-25-13-15-6-9-17(10-7-15)30-32(28,29)18-4-2-1-3-5-18/h1-14H,(H,26,27)/b25-13+. The monoisotopic (exact) mass is 503 g/mol. The fraction of sp³-hybridized carbons (Fsp3) is 0. The third-order valence-electron chi connectivity index (χ3n) is 4.20. The van der Waals surface area contributed by atoms with Crippen LogP contribution in [-0.4, -0.2) is 19.6 Å². The number of rotatable bonds is 7. The maximum absolute atomic E-state index is 12.3. The van der Waals surface area contributed by atoms with Crippen LogP contribution < -0.4 is 9.61 Å². The molecule has 0 spiro atoms. The Morgan fingerprint density at radius 3 is 2.47 bits per heavy atom. The summed E-state index contributed by atoms with van der Waals surface area (Å²) in [5, 5.41) is 7.71. The Morgan fingerprint density at radius 2 is 1.75 bits per heavy atom. The summed E-state index contributed by atoms with van der Waals surface area (Å²) in [5.41, 5.74) is 5.12. The number of aromatic nitrogens is 1. The zero-order chi connectivity index (χ0) is 22.6. The zero-order valence-electron chi connectivity index (χ0n) is 16.3. The van der Waals surface area contributed by atoms with E-state index >= 15 is 0 Å². The summed E-state index contributed by atoms with van der Waals surface area (Å²) in [6.45, 7) is 0. The van der Waals surface area contributed by atoms with Gasteiger partial charge in [-0.25, -0.2) is 4.98 Å². The van der Waals surface area contributed by atoms with Crippen molar-refractivity contribution < 1.29 is 12.6 Å². The first-order valence-corrected chi connectivity index (χ1v) is 12.2. The Morgan fingerprint density at radius 1 is 1.00 bits per heavy atom. The number of anilines is 1. The predicted octanol–water partition coefficient (Wildman–Crippen LogP) is 6.33. The number of hydrogen-bond acceptors (Lipinski definition) is 7. The van der Waals surface area contributed by atoms with E-state index in [9.17, 15) is 8.42 Å². The van der Waals surface area contributed by atoms with Gasteiger partial charge in [-0.15, -0.1) is 11.3 Å². The topological polar surface area (TPSA) is 80.7 Å². The molecule has 0 saturated carbocycles. The van der Waals surface area contributed by atoms with Gasteiger partial charge in [0, 0.05) is 16.0 Å². The molecular formula is C22H15Cl2N3O3S2. The summed E-state index contributed by atoms with van der Waals surface area (Å²) in [4.78, 5) is 4.56. The molecular weight excluding hydrogens is 489 g/mol. The molecule has 0 radical (unpaired) electrons. The van der Waals surface area contributed by atoms with E-state index in [1.54, 1.807) is 60.8 Å². The molecule has 0 fully saturated rings. The summed E-state index contributed by atoms with van der Waals surface area (Å²) in [6.07, 6.45) is 1.59. The second-order valence-electron chi connectivity index (χ2n) is 6.45. The third-order valence-corrected chi connectivity index (χ3v) is 6.76. The summed E-state index contributed by atoms with van der Waals surface area (Å²) >= 11 is 13.5. The van der Waals surface area contributed by atoms with E-state index in [1.807, 2.05) is 11.4 Å². The first-order valence-electron chi connectivity index (χ1n) is 9.20. The second-order valence-corrected chi connectivity index (χ2v) is 9.70. The number of hydrogen-bond donors (Lipinski definition) is 1. The van der Waals surface area contributed by atoms with Gasteiger partial charge in [-0.2, -0.15) is 13.5 Å². The minimum absolute atomic E-state index is 0.0949. The van der Waals surface area contributed by atoms with Crippen molar-refractivity contribution in [3.05, 3.63) is 93.8 Å². The lowest BCUT2D eigenvalue weighted by molar-refractivity contribution is 0.486. The minimum atomic E-state index is -3.87. The molecule has 1 aromatic heterocycles. The van der Waals surface area contributed by atoms with Crippen LogP contribution in [0.5, 0.6) is 5.75 Å². The maximum atomic E-state index is 12.3. The van der Waals surface area contributed by atoms with Crippen LogP contribution in [0.3, 0.4) is 0 Å². The van der Waals surface area contributed by atoms with E-state index in [1.165, 1.54) is 23.5 Å². The third kappa shape index (κ3) is 5.46. The molecule has 0 bridgehead atoms. The van der Waals surface area contributed by atoms with Gasteiger partial charge in [-0.05, 0) is 60.2 Å². The molecule has 162 valence electrons. The first-order chi connectivity index (χ1) is 15.4. The molecule has 0 saturated heterocycles. The second kappa shape index (κ2) is 9.70. The molecule has 3 aromatic carbocycles. The molecule has 0 aliphatic carbocycles. The van der Waals surface area contributed by atoms with Gasteiger partial charge in [0.05, 0.1) is 16.9 Å². The number of benzene rings is 3. The number of halogens is 2. The molecule has 1 N–H and O–H groups in total. The Balaban J connectivity index is 1.38. The van der Waals surface area contributed by atoms with Crippen molar-refractivity contribution in [3.8, 4) is 17.0 Å². The van der Waals surface area contributed by atoms with Crippen molar-refractivity contribution in [1.82, 2.24) is 4.98 Å². The van der Waals surface area contributed by atoms with E-state index in [2.05, 4.69) is 15.5 Å². The van der Waals surface area contributed by atoms with Crippen molar-refractivity contribution in [3.63, 3.8) is 0 Å².